The number of aromatic amines is 1. The lowest BCUT2D eigenvalue weighted by atomic mass is 10.3. The fraction of sp³-hybridized carbons (Fsp3) is 0.250. The molecule has 0 fully saturated rings. The number of phenolic OH excluding ortho intramolecular Hbond substituents is 1. The Morgan fingerprint density at radius 1 is 1.37 bits per heavy atom. The van der Waals surface area contributed by atoms with E-state index in [0.717, 1.165) is 5.82 Å². The van der Waals surface area contributed by atoms with E-state index in [4.69, 9.17) is 0 Å². The first-order valence-corrected chi connectivity index (χ1v) is 7.33. The monoisotopic (exact) mass is 281 g/mol. The van der Waals surface area contributed by atoms with Crippen molar-refractivity contribution in [1.29, 1.82) is 0 Å². The summed E-state index contributed by atoms with van der Waals surface area (Å²) in [5.74, 6) is 0.759. The molecule has 0 unspecified atom stereocenters. The number of imidazole rings is 1. The molecule has 0 saturated carbocycles. The van der Waals surface area contributed by atoms with Crippen molar-refractivity contribution in [3.8, 4) is 5.75 Å². The molecule has 1 aromatic heterocycles. The summed E-state index contributed by atoms with van der Waals surface area (Å²) in [5.41, 5.74) is 0. The second kappa shape index (κ2) is 5.85. The highest BCUT2D eigenvalue weighted by Crippen LogP contribution is 2.15. The van der Waals surface area contributed by atoms with Gasteiger partial charge in [0, 0.05) is 25.4 Å². The highest BCUT2D eigenvalue weighted by molar-refractivity contribution is 7.89. The number of aromatic hydroxyl groups is 1. The van der Waals surface area contributed by atoms with Gasteiger partial charge in [-0.05, 0) is 24.6 Å². The fourth-order valence-corrected chi connectivity index (χ4v) is 2.74. The number of rotatable bonds is 6. The summed E-state index contributed by atoms with van der Waals surface area (Å²) in [7, 11) is -3.56. The van der Waals surface area contributed by atoms with Crippen molar-refractivity contribution in [3.05, 3.63) is 42.5 Å². The van der Waals surface area contributed by atoms with Gasteiger partial charge in [0.1, 0.15) is 11.6 Å². The molecule has 2 rings (SSSR count). The molecule has 0 atom stereocenters. The predicted molar refractivity (Wildman–Crippen MR) is 70.2 cm³/mol. The average molecular weight is 281 g/mol. The van der Waals surface area contributed by atoms with Crippen LogP contribution >= 0.6 is 0 Å². The van der Waals surface area contributed by atoms with Crippen molar-refractivity contribution in [2.75, 3.05) is 6.54 Å². The van der Waals surface area contributed by atoms with Crippen LogP contribution in [0.1, 0.15) is 12.2 Å². The lowest BCUT2D eigenvalue weighted by Gasteiger charge is -2.06. The Balaban J connectivity index is 1.88. The minimum atomic E-state index is -3.56. The van der Waals surface area contributed by atoms with E-state index in [1.807, 2.05) is 0 Å². The number of aromatic nitrogens is 2. The summed E-state index contributed by atoms with van der Waals surface area (Å²) in [6.45, 7) is 0.318. The zero-order valence-electron chi connectivity index (χ0n) is 10.2. The van der Waals surface area contributed by atoms with Gasteiger partial charge in [-0.2, -0.15) is 0 Å². The molecule has 0 spiro atoms. The number of hydrogen-bond donors (Lipinski definition) is 3. The number of sulfonamides is 1. The maximum Gasteiger partial charge on any atom is 0.240 e. The normalized spacial score (nSPS) is 11.6. The van der Waals surface area contributed by atoms with Crippen LogP contribution in [-0.2, 0) is 16.4 Å². The molecule has 102 valence electrons. The van der Waals surface area contributed by atoms with E-state index in [2.05, 4.69) is 14.7 Å². The molecule has 2 aromatic rings. The molecule has 0 radical (unpaired) electrons. The molecule has 7 heteroatoms. The van der Waals surface area contributed by atoms with Crippen LogP contribution in [0.4, 0.5) is 0 Å². The third-order valence-electron chi connectivity index (χ3n) is 2.57. The fourth-order valence-electron chi connectivity index (χ4n) is 1.63. The third kappa shape index (κ3) is 3.80. The average Bonchev–Trinajstić information content (AvgIpc) is 2.88. The lowest BCUT2D eigenvalue weighted by molar-refractivity contribution is 0.473. The van der Waals surface area contributed by atoms with Crippen LogP contribution in [0.5, 0.6) is 5.75 Å². The maximum absolute atomic E-state index is 11.9. The van der Waals surface area contributed by atoms with Gasteiger partial charge in [-0.1, -0.05) is 6.07 Å². The van der Waals surface area contributed by atoms with Crippen molar-refractivity contribution in [2.45, 2.75) is 17.7 Å². The number of hydrogen-bond acceptors (Lipinski definition) is 4. The molecule has 0 bridgehead atoms. The molecule has 1 heterocycles. The van der Waals surface area contributed by atoms with Crippen LogP contribution in [0.15, 0.2) is 41.6 Å². The number of nitrogens with zero attached hydrogens (tertiary/aromatic N) is 1. The van der Waals surface area contributed by atoms with Crippen LogP contribution in [-0.4, -0.2) is 30.0 Å². The third-order valence-corrected chi connectivity index (χ3v) is 4.02. The number of nitrogens with one attached hydrogen (secondary N) is 2. The standard InChI is InChI=1S/C12H15N3O3S/c16-10-3-1-4-11(9-10)19(17,18)15-6-2-5-12-13-7-8-14-12/h1,3-4,7-9,15-16H,2,5-6H2,(H,13,14). The molecule has 0 saturated heterocycles. The van der Waals surface area contributed by atoms with Gasteiger partial charge >= 0.3 is 0 Å². The van der Waals surface area contributed by atoms with Gasteiger partial charge in [0.2, 0.25) is 10.0 Å². The van der Waals surface area contributed by atoms with Gasteiger partial charge in [0.15, 0.2) is 0 Å². The first-order valence-electron chi connectivity index (χ1n) is 5.85. The van der Waals surface area contributed by atoms with Gasteiger partial charge in [-0.3, -0.25) is 0 Å². The van der Waals surface area contributed by atoms with E-state index >= 15 is 0 Å². The van der Waals surface area contributed by atoms with Crippen LogP contribution < -0.4 is 4.72 Å². The quantitative estimate of drug-likeness (QED) is 0.689. The summed E-state index contributed by atoms with van der Waals surface area (Å²) in [6, 6.07) is 5.58. The number of benzene rings is 1. The SMILES string of the molecule is O=S(=O)(NCCCc1ncc[nH]1)c1cccc(O)c1. The predicted octanol–water partition coefficient (Wildman–Crippen LogP) is 1.03. The van der Waals surface area contributed by atoms with Crippen LogP contribution in [0.3, 0.4) is 0 Å². The summed E-state index contributed by atoms with van der Waals surface area (Å²) in [4.78, 5) is 7.07. The minimum Gasteiger partial charge on any atom is -0.508 e. The van der Waals surface area contributed by atoms with Crippen molar-refractivity contribution in [1.82, 2.24) is 14.7 Å². The lowest BCUT2D eigenvalue weighted by Crippen LogP contribution is -2.25. The summed E-state index contributed by atoms with van der Waals surface area (Å²) < 4.78 is 26.3. The molecule has 1 aromatic carbocycles. The molecule has 6 nitrogen and oxygen atoms in total. The van der Waals surface area contributed by atoms with E-state index in [1.54, 1.807) is 12.4 Å². The number of H-pyrrole nitrogens is 1. The Bertz CT molecular complexity index is 623. The van der Waals surface area contributed by atoms with E-state index in [9.17, 15) is 13.5 Å². The summed E-state index contributed by atoms with van der Waals surface area (Å²) >= 11 is 0. The molecule has 0 aliphatic heterocycles. The number of aryl methyl sites for hydroxylation is 1. The highest BCUT2D eigenvalue weighted by Gasteiger charge is 2.13. The Morgan fingerprint density at radius 3 is 2.89 bits per heavy atom. The topological polar surface area (TPSA) is 95.1 Å². The van der Waals surface area contributed by atoms with Gasteiger partial charge < -0.3 is 10.1 Å². The van der Waals surface area contributed by atoms with Gasteiger partial charge in [0.25, 0.3) is 0 Å². The molecular weight excluding hydrogens is 266 g/mol. The van der Waals surface area contributed by atoms with Crippen molar-refractivity contribution in [2.24, 2.45) is 0 Å². The second-order valence-electron chi connectivity index (χ2n) is 4.03. The molecule has 0 amide bonds. The Hall–Kier alpha value is -1.86. The molecular formula is C12H15N3O3S. The van der Waals surface area contributed by atoms with E-state index in [1.165, 1.54) is 24.3 Å². The summed E-state index contributed by atoms with van der Waals surface area (Å²) in [6.07, 6.45) is 4.71. The first kappa shape index (κ1) is 13.6. The van der Waals surface area contributed by atoms with Crippen molar-refractivity contribution >= 4 is 10.0 Å². The molecule has 0 aliphatic rings. The molecule has 19 heavy (non-hydrogen) atoms. The second-order valence-corrected chi connectivity index (χ2v) is 5.80. The Morgan fingerprint density at radius 2 is 2.21 bits per heavy atom. The Labute approximate surface area is 111 Å². The highest BCUT2D eigenvalue weighted by atomic mass is 32.2. The first-order chi connectivity index (χ1) is 9.08. The van der Waals surface area contributed by atoms with Gasteiger partial charge in [-0.15, -0.1) is 0 Å². The number of phenols is 1. The smallest absolute Gasteiger partial charge is 0.240 e. The summed E-state index contributed by atoms with van der Waals surface area (Å²) in [5, 5.41) is 9.27. The molecule has 0 aliphatic carbocycles. The van der Waals surface area contributed by atoms with Gasteiger partial charge in [-0.25, -0.2) is 18.1 Å². The largest absolute Gasteiger partial charge is 0.508 e. The van der Waals surface area contributed by atoms with E-state index in [0.29, 0.717) is 19.4 Å². The van der Waals surface area contributed by atoms with Crippen LogP contribution in [0, 0.1) is 0 Å². The Kier molecular flexibility index (Phi) is 4.18. The van der Waals surface area contributed by atoms with Gasteiger partial charge in [0.05, 0.1) is 4.90 Å². The zero-order valence-corrected chi connectivity index (χ0v) is 11.0. The zero-order chi connectivity index (χ0) is 13.7. The van der Waals surface area contributed by atoms with E-state index < -0.39 is 10.0 Å². The molecule has 3 N–H and O–H groups in total. The van der Waals surface area contributed by atoms with E-state index in [-0.39, 0.29) is 10.6 Å². The maximum atomic E-state index is 11.9. The minimum absolute atomic E-state index is 0.0606. The van der Waals surface area contributed by atoms with Crippen LogP contribution in [0.25, 0.3) is 0 Å². The van der Waals surface area contributed by atoms with Crippen molar-refractivity contribution in [3.63, 3.8) is 0 Å². The van der Waals surface area contributed by atoms with Crippen LogP contribution in [0.2, 0.25) is 0 Å². The van der Waals surface area contributed by atoms with Crippen molar-refractivity contribution < 1.29 is 13.5 Å².